The van der Waals surface area contributed by atoms with Gasteiger partial charge in [0.2, 0.25) is 5.91 Å². The number of amides is 1. The normalized spacial score (nSPS) is 13.1. The molecular weight excluding hydrogens is 262 g/mol. The van der Waals surface area contributed by atoms with Crippen molar-refractivity contribution < 1.29 is 14.7 Å². The lowest BCUT2D eigenvalue weighted by Crippen LogP contribution is -2.49. The number of carbonyl (C=O) groups is 2. The van der Waals surface area contributed by atoms with Crippen LogP contribution in [0.25, 0.3) is 0 Å². The van der Waals surface area contributed by atoms with Crippen molar-refractivity contribution in [2.24, 2.45) is 5.92 Å². The minimum atomic E-state index is -0.877. The fourth-order valence-electron chi connectivity index (χ4n) is 1.76. The number of hydrogen-bond donors (Lipinski definition) is 1. The van der Waals surface area contributed by atoms with Gasteiger partial charge in [0.1, 0.15) is 0 Å². The molecule has 0 saturated heterocycles. The maximum atomic E-state index is 12.4. The highest BCUT2D eigenvalue weighted by Gasteiger charge is 2.29. The van der Waals surface area contributed by atoms with Crippen LogP contribution >= 0.6 is 11.3 Å². The van der Waals surface area contributed by atoms with Gasteiger partial charge in [-0.3, -0.25) is 9.59 Å². The van der Waals surface area contributed by atoms with E-state index in [1.54, 1.807) is 23.2 Å². The largest absolute Gasteiger partial charge is 0.481 e. The van der Waals surface area contributed by atoms with E-state index in [4.69, 9.17) is 5.11 Å². The summed E-state index contributed by atoms with van der Waals surface area (Å²) >= 11 is 1.54. The number of hydrogen-bond acceptors (Lipinski definition) is 3. The van der Waals surface area contributed by atoms with Crippen molar-refractivity contribution in [3.05, 3.63) is 22.4 Å². The lowest BCUT2D eigenvalue weighted by Gasteiger charge is -2.37. The van der Waals surface area contributed by atoms with Crippen LogP contribution in [0, 0.1) is 5.92 Å². The zero-order valence-corrected chi connectivity index (χ0v) is 12.7. The van der Waals surface area contributed by atoms with E-state index in [1.165, 1.54) is 0 Å². The van der Waals surface area contributed by atoms with E-state index >= 15 is 0 Å². The van der Waals surface area contributed by atoms with Gasteiger partial charge in [-0.25, -0.2) is 0 Å². The van der Waals surface area contributed by atoms with Gasteiger partial charge in [0.05, 0.1) is 12.3 Å². The summed E-state index contributed by atoms with van der Waals surface area (Å²) in [4.78, 5) is 26.0. The summed E-state index contributed by atoms with van der Waals surface area (Å²) in [6.45, 7) is 7.64. The van der Waals surface area contributed by atoms with Gasteiger partial charge in [0, 0.05) is 17.0 Å². The summed E-state index contributed by atoms with van der Waals surface area (Å²) in [6, 6.07) is 3.83. The number of carboxylic acid groups (broad SMARTS) is 1. The fraction of sp³-hybridized carbons (Fsp3) is 0.571. The number of carbonyl (C=O) groups excluding carboxylic acids is 1. The van der Waals surface area contributed by atoms with E-state index in [-0.39, 0.29) is 18.0 Å². The number of carboxylic acids is 1. The Morgan fingerprint density at radius 3 is 2.47 bits per heavy atom. The lowest BCUT2D eigenvalue weighted by molar-refractivity contribution is -0.144. The molecule has 0 fully saturated rings. The van der Waals surface area contributed by atoms with Crippen LogP contribution in [-0.4, -0.2) is 34.0 Å². The number of nitrogens with zero attached hydrogens (tertiary/aromatic N) is 1. The van der Waals surface area contributed by atoms with E-state index in [2.05, 4.69) is 0 Å². The van der Waals surface area contributed by atoms with Crippen molar-refractivity contribution in [1.82, 2.24) is 4.90 Å². The second-order valence-electron chi connectivity index (χ2n) is 5.67. The molecule has 0 saturated carbocycles. The number of aliphatic carboxylic acids is 1. The third-order valence-electron chi connectivity index (χ3n) is 2.89. The van der Waals surface area contributed by atoms with Crippen molar-refractivity contribution in [2.45, 2.75) is 39.7 Å². The van der Waals surface area contributed by atoms with Crippen LogP contribution in [0.4, 0.5) is 0 Å². The smallest absolute Gasteiger partial charge is 0.308 e. The Bertz CT molecular complexity index is 434. The first-order valence-electron chi connectivity index (χ1n) is 6.27. The number of thiophene rings is 1. The Kier molecular flexibility index (Phi) is 5.11. The lowest BCUT2D eigenvalue weighted by atomic mass is 10.0. The highest BCUT2D eigenvalue weighted by Crippen LogP contribution is 2.19. The van der Waals surface area contributed by atoms with E-state index in [9.17, 15) is 9.59 Å². The minimum Gasteiger partial charge on any atom is -0.481 e. The van der Waals surface area contributed by atoms with Crippen LogP contribution < -0.4 is 0 Å². The van der Waals surface area contributed by atoms with Gasteiger partial charge in [-0.1, -0.05) is 13.0 Å². The molecule has 1 amide bonds. The van der Waals surface area contributed by atoms with Gasteiger partial charge in [-0.2, -0.15) is 0 Å². The Labute approximate surface area is 118 Å². The van der Waals surface area contributed by atoms with Crippen molar-refractivity contribution >= 4 is 23.2 Å². The molecule has 1 aromatic heterocycles. The van der Waals surface area contributed by atoms with E-state index in [1.807, 2.05) is 38.3 Å². The first kappa shape index (κ1) is 15.7. The predicted molar refractivity (Wildman–Crippen MR) is 76.3 cm³/mol. The van der Waals surface area contributed by atoms with E-state index < -0.39 is 11.9 Å². The zero-order valence-electron chi connectivity index (χ0n) is 11.8. The summed E-state index contributed by atoms with van der Waals surface area (Å²) in [7, 11) is 0. The first-order valence-corrected chi connectivity index (χ1v) is 7.15. The molecule has 0 aliphatic rings. The highest BCUT2D eigenvalue weighted by atomic mass is 32.1. The average molecular weight is 283 g/mol. The third kappa shape index (κ3) is 4.67. The summed E-state index contributed by atoms with van der Waals surface area (Å²) in [5.41, 5.74) is -0.377. The number of rotatable bonds is 5. The molecule has 1 aromatic rings. The van der Waals surface area contributed by atoms with Crippen LogP contribution in [0.15, 0.2) is 17.5 Å². The Hall–Kier alpha value is -1.36. The van der Waals surface area contributed by atoms with Crippen molar-refractivity contribution in [2.75, 3.05) is 6.54 Å². The Morgan fingerprint density at radius 2 is 2.05 bits per heavy atom. The second kappa shape index (κ2) is 6.19. The maximum absolute atomic E-state index is 12.4. The van der Waals surface area contributed by atoms with Gasteiger partial charge < -0.3 is 10.0 Å². The molecule has 0 radical (unpaired) electrons. The van der Waals surface area contributed by atoms with Gasteiger partial charge in [-0.05, 0) is 32.2 Å². The highest BCUT2D eigenvalue weighted by molar-refractivity contribution is 7.10. The summed E-state index contributed by atoms with van der Waals surface area (Å²) in [5.74, 6) is -1.47. The molecular formula is C14H21NO3S. The minimum absolute atomic E-state index is 0.0250. The van der Waals surface area contributed by atoms with Crippen LogP contribution in [0.3, 0.4) is 0 Å². The summed E-state index contributed by atoms with van der Waals surface area (Å²) < 4.78 is 0. The average Bonchev–Trinajstić information content (AvgIpc) is 2.76. The molecule has 1 atom stereocenters. The van der Waals surface area contributed by atoms with E-state index in [0.29, 0.717) is 6.42 Å². The SMILES string of the molecule is CC(CN(C(=O)Cc1cccs1)C(C)(C)C)C(=O)O. The summed E-state index contributed by atoms with van der Waals surface area (Å²) in [5, 5.41) is 10.9. The van der Waals surface area contributed by atoms with Crippen LogP contribution in [0.5, 0.6) is 0 Å². The molecule has 1 unspecified atom stereocenters. The Morgan fingerprint density at radius 1 is 1.42 bits per heavy atom. The Balaban J connectivity index is 2.79. The van der Waals surface area contributed by atoms with Gasteiger partial charge in [-0.15, -0.1) is 11.3 Å². The molecule has 1 rings (SSSR count). The van der Waals surface area contributed by atoms with Gasteiger partial charge in [0.25, 0.3) is 0 Å². The molecule has 0 aliphatic carbocycles. The quantitative estimate of drug-likeness (QED) is 0.903. The molecule has 1 heterocycles. The predicted octanol–water partition coefficient (Wildman–Crippen LogP) is 2.64. The molecule has 106 valence electrons. The second-order valence-corrected chi connectivity index (χ2v) is 6.70. The molecule has 0 bridgehead atoms. The maximum Gasteiger partial charge on any atom is 0.308 e. The summed E-state index contributed by atoms with van der Waals surface area (Å²) in [6.07, 6.45) is 0.335. The molecule has 0 aliphatic heterocycles. The van der Waals surface area contributed by atoms with Gasteiger partial charge >= 0.3 is 5.97 Å². The fourth-order valence-corrected chi connectivity index (χ4v) is 2.46. The third-order valence-corrected chi connectivity index (χ3v) is 3.77. The van der Waals surface area contributed by atoms with Gasteiger partial charge in [0.15, 0.2) is 0 Å². The van der Waals surface area contributed by atoms with Crippen molar-refractivity contribution in [3.8, 4) is 0 Å². The molecule has 19 heavy (non-hydrogen) atoms. The van der Waals surface area contributed by atoms with Crippen molar-refractivity contribution in [1.29, 1.82) is 0 Å². The molecule has 0 spiro atoms. The standard InChI is InChI=1S/C14H21NO3S/c1-10(13(17)18)9-15(14(2,3)4)12(16)8-11-6-5-7-19-11/h5-7,10H,8-9H2,1-4H3,(H,17,18). The van der Waals surface area contributed by atoms with E-state index in [0.717, 1.165) is 4.88 Å². The zero-order chi connectivity index (χ0) is 14.6. The van der Waals surface area contributed by atoms with Crippen LogP contribution in [0.2, 0.25) is 0 Å². The van der Waals surface area contributed by atoms with Crippen LogP contribution in [-0.2, 0) is 16.0 Å². The molecule has 4 nitrogen and oxygen atoms in total. The topological polar surface area (TPSA) is 57.6 Å². The molecule has 0 aromatic carbocycles. The first-order chi connectivity index (χ1) is 8.71. The molecule has 1 N–H and O–H groups in total. The molecule has 5 heteroatoms. The van der Waals surface area contributed by atoms with Crippen molar-refractivity contribution in [3.63, 3.8) is 0 Å². The van der Waals surface area contributed by atoms with Crippen LogP contribution in [0.1, 0.15) is 32.6 Å². The monoisotopic (exact) mass is 283 g/mol.